The molecule has 0 aromatic heterocycles. The zero-order valence-corrected chi connectivity index (χ0v) is 12.5. The number of hydrogen-bond acceptors (Lipinski definition) is 3. The molecule has 1 aromatic carbocycles. The minimum absolute atomic E-state index is 0.0325. The molecule has 1 aromatic rings. The van der Waals surface area contributed by atoms with Crippen molar-refractivity contribution in [3.8, 4) is 0 Å². The average Bonchev–Trinajstić information content (AvgIpc) is 2.38. The molecule has 0 spiro atoms. The molecule has 0 atom stereocenters. The summed E-state index contributed by atoms with van der Waals surface area (Å²) in [7, 11) is -3.44. The van der Waals surface area contributed by atoms with Crippen molar-refractivity contribution in [1.82, 2.24) is 10.0 Å². The van der Waals surface area contributed by atoms with Crippen LogP contribution >= 0.6 is 11.6 Å². The highest BCUT2D eigenvalue weighted by Crippen LogP contribution is 2.27. The second-order valence-electron chi connectivity index (χ2n) is 5.34. The molecule has 0 aliphatic carbocycles. The second-order valence-corrected chi connectivity index (χ2v) is 7.54. The van der Waals surface area contributed by atoms with Gasteiger partial charge >= 0.3 is 0 Å². The van der Waals surface area contributed by atoms with Gasteiger partial charge in [0.1, 0.15) is 0 Å². The van der Waals surface area contributed by atoms with E-state index in [0.29, 0.717) is 11.6 Å². The molecule has 1 aliphatic rings. The Bertz CT molecular complexity index is 522. The third-order valence-electron chi connectivity index (χ3n) is 3.62. The number of benzene rings is 1. The van der Waals surface area contributed by atoms with E-state index in [1.165, 1.54) is 12.1 Å². The van der Waals surface area contributed by atoms with Gasteiger partial charge in [-0.05, 0) is 55.6 Å². The lowest BCUT2D eigenvalue weighted by molar-refractivity contribution is 0.232. The number of nitrogens with one attached hydrogen (secondary N) is 2. The normalized spacial score (nSPS) is 19.3. The summed E-state index contributed by atoms with van der Waals surface area (Å²) >= 11 is 5.76. The van der Waals surface area contributed by atoms with E-state index in [1.807, 2.05) is 0 Å². The Morgan fingerprint density at radius 1 is 1.26 bits per heavy atom. The molecule has 6 heteroatoms. The first kappa shape index (κ1) is 14.8. The number of sulfonamides is 1. The molecule has 0 unspecified atom stereocenters. The molecule has 106 valence electrons. The van der Waals surface area contributed by atoms with Crippen molar-refractivity contribution in [3.63, 3.8) is 0 Å². The van der Waals surface area contributed by atoms with Crippen LogP contribution in [0.1, 0.15) is 19.8 Å². The first-order valence-corrected chi connectivity index (χ1v) is 8.23. The molecule has 1 aliphatic heterocycles. The summed E-state index contributed by atoms with van der Waals surface area (Å²) in [5.41, 5.74) is 0.0325. The minimum atomic E-state index is -3.44. The van der Waals surface area contributed by atoms with Crippen LogP contribution in [-0.4, -0.2) is 28.1 Å². The fourth-order valence-electron chi connectivity index (χ4n) is 2.17. The standard InChI is InChI=1S/C13H19ClN2O2S/c1-13(6-8-15-9-7-13)10-16-19(17,18)12-4-2-11(14)3-5-12/h2-5,15-16H,6-10H2,1H3. The van der Waals surface area contributed by atoms with Gasteiger partial charge in [0.25, 0.3) is 0 Å². The van der Waals surface area contributed by atoms with Gasteiger partial charge in [-0.15, -0.1) is 0 Å². The van der Waals surface area contributed by atoms with Crippen LogP contribution in [0.5, 0.6) is 0 Å². The van der Waals surface area contributed by atoms with Gasteiger partial charge in [0.05, 0.1) is 4.90 Å². The summed E-state index contributed by atoms with van der Waals surface area (Å²) in [5.74, 6) is 0. The molecule has 4 nitrogen and oxygen atoms in total. The Balaban J connectivity index is 2.03. The molecule has 1 saturated heterocycles. The van der Waals surface area contributed by atoms with Gasteiger partial charge in [-0.2, -0.15) is 0 Å². The predicted molar refractivity (Wildman–Crippen MR) is 76.9 cm³/mol. The van der Waals surface area contributed by atoms with Crippen molar-refractivity contribution in [1.29, 1.82) is 0 Å². The minimum Gasteiger partial charge on any atom is -0.317 e. The summed E-state index contributed by atoms with van der Waals surface area (Å²) in [4.78, 5) is 0.259. The van der Waals surface area contributed by atoms with Crippen LogP contribution in [0.2, 0.25) is 5.02 Å². The number of piperidine rings is 1. The van der Waals surface area contributed by atoms with E-state index in [0.717, 1.165) is 25.9 Å². The van der Waals surface area contributed by atoms with Gasteiger partial charge in [-0.25, -0.2) is 13.1 Å². The fourth-order valence-corrected chi connectivity index (χ4v) is 3.50. The summed E-state index contributed by atoms with van der Waals surface area (Å²) in [6.45, 7) is 4.48. The van der Waals surface area contributed by atoms with Crippen molar-refractivity contribution in [2.75, 3.05) is 19.6 Å². The monoisotopic (exact) mass is 302 g/mol. The van der Waals surface area contributed by atoms with E-state index in [1.54, 1.807) is 12.1 Å². The summed E-state index contributed by atoms with van der Waals surface area (Å²) < 4.78 is 27.0. The Hall–Kier alpha value is -0.620. The highest BCUT2D eigenvalue weighted by molar-refractivity contribution is 7.89. The zero-order valence-electron chi connectivity index (χ0n) is 10.9. The number of hydrogen-bond donors (Lipinski definition) is 2. The van der Waals surface area contributed by atoms with Crippen LogP contribution < -0.4 is 10.0 Å². The molecule has 1 heterocycles. The SMILES string of the molecule is CC1(CNS(=O)(=O)c2ccc(Cl)cc2)CCNCC1. The molecule has 0 radical (unpaired) electrons. The first-order valence-electron chi connectivity index (χ1n) is 6.37. The van der Waals surface area contributed by atoms with Crippen molar-refractivity contribution < 1.29 is 8.42 Å². The Labute approximate surface area is 119 Å². The maximum atomic E-state index is 12.2. The first-order chi connectivity index (χ1) is 8.91. The van der Waals surface area contributed by atoms with Gasteiger partial charge in [-0.3, -0.25) is 0 Å². The molecule has 0 bridgehead atoms. The van der Waals surface area contributed by atoms with Crippen molar-refractivity contribution in [2.24, 2.45) is 5.41 Å². The molecule has 0 amide bonds. The van der Waals surface area contributed by atoms with E-state index in [4.69, 9.17) is 11.6 Å². The Kier molecular flexibility index (Phi) is 4.50. The van der Waals surface area contributed by atoms with Crippen molar-refractivity contribution in [3.05, 3.63) is 29.3 Å². The molecule has 2 rings (SSSR count). The van der Waals surface area contributed by atoms with E-state index >= 15 is 0 Å². The maximum absolute atomic E-state index is 12.2. The summed E-state index contributed by atoms with van der Waals surface area (Å²) in [6.07, 6.45) is 1.96. The molecular weight excluding hydrogens is 284 g/mol. The summed E-state index contributed by atoms with van der Waals surface area (Å²) in [6, 6.07) is 6.22. The van der Waals surface area contributed by atoms with Crippen LogP contribution in [0.25, 0.3) is 0 Å². The second kappa shape index (κ2) is 5.79. The lowest BCUT2D eigenvalue weighted by Crippen LogP contribution is -2.42. The van der Waals surface area contributed by atoms with E-state index in [9.17, 15) is 8.42 Å². The number of rotatable bonds is 4. The van der Waals surface area contributed by atoms with E-state index < -0.39 is 10.0 Å². The molecule has 2 N–H and O–H groups in total. The molecular formula is C13H19ClN2O2S. The third-order valence-corrected chi connectivity index (χ3v) is 5.29. The largest absolute Gasteiger partial charge is 0.317 e. The highest BCUT2D eigenvalue weighted by Gasteiger charge is 2.28. The van der Waals surface area contributed by atoms with E-state index in [-0.39, 0.29) is 10.3 Å². The number of halogens is 1. The van der Waals surface area contributed by atoms with Crippen LogP contribution in [0.3, 0.4) is 0 Å². The Morgan fingerprint density at radius 2 is 1.84 bits per heavy atom. The molecule has 19 heavy (non-hydrogen) atoms. The average molecular weight is 303 g/mol. The Morgan fingerprint density at radius 3 is 2.42 bits per heavy atom. The highest BCUT2D eigenvalue weighted by atomic mass is 35.5. The molecule has 1 fully saturated rings. The summed E-state index contributed by atoms with van der Waals surface area (Å²) in [5, 5.41) is 3.81. The smallest absolute Gasteiger partial charge is 0.240 e. The van der Waals surface area contributed by atoms with Gasteiger partial charge < -0.3 is 5.32 Å². The van der Waals surface area contributed by atoms with Crippen LogP contribution in [-0.2, 0) is 10.0 Å². The van der Waals surface area contributed by atoms with Gasteiger partial charge in [0.2, 0.25) is 10.0 Å². The van der Waals surface area contributed by atoms with E-state index in [2.05, 4.69) is 17.0 Å². The molecule has 0 saturated carbocycles. The van der Waals surface area contributed by atoms with Gasteiger partial charge in [0.15, 0.2) is 0 Å². The van der Waals surface area contributed by atoms with Crippen LogP contribution in [0, 0.1) is 5.41 Å². The lowest BCUT2D eigenvalue weighted by Gasteiger charge is -2.34. The quantitative estimate of drug-likeness (QED) is 0.894. The maximum Gasteiger partial charge on any atom is 0.240 e. The van der Waals surface area contributed by atoms with Gasteiger partial charge in [0, 0.05) is 11.6 Å². The topological polar surface area (TPSA) is 58.2 Å². The fraction of sp³-hybridized carbons (Fsp3) is 0.538. The van der Waals surface area contributed by atoms with Gasteiger partial charge in [-0.1, -0.05) is 18.5 Å². The van der Waals surface area contributed by atoms with Crippen LogP contribution in [0.4, 0.5) is 0 Å². The van der Waals surface area contributed by atoms with Crippen molar-refractivity contribution in [2.45, 2.75) is 24.7 Å². The zero-order chi connectivity index (χ0) is 13.9. The lowest BCUT2D eigenvalue weighted by atomic mass is 9.81. The van der Waals surface area contributed by atoms with Crippen LogP contribution in [0.15, 0.2) is 29.2 Å². The van der Waals surface area contributed by atoms with Crippen molar-refractivity contribution >= 4 is 21.6 Å². The predicted octanol–water partition coefficient (Wildman–Crippen LogP) is 2.01. The third kappa shape index (κ3) is 3.92.